The van der Waals surface area contributed by atoms with Gasteiger partial charge in [-0.1, -0.05) is 43.9 Å². The molecule has 15 heavy (non-hydrogen) atoms. The molecule has 0 fully saturated rings. The Kier molecular flexibility index (Phi) is 4.63. The highest BCUT2D eigenvalue weighted by atomic mass is 16.1. The van der Waals surface area contributed by atoms with E-state index in [1.54, 1.807) is 0 Å². The molecule has 78 valence electrons. The second-order valence-corrected chi connectivity index (χ2v) is 3.59. The van der Waals surface area contributed by atoms with Crippen molar-refractivity contribution in [3.05, 3.63) is 35.9 Å². The fraction of sp³-hybridized carbons (Fsp3) is 0.357. The molecule has 1 aromatic carbocycles. The SMILES string of the molecule is CCC(=O)C(C)CC#Cc1ccccc1. The Bertz CT molecular complexity index is 367. The van der Waals surface area contributed by atoms with E-state index in [-0.39, 0.29) is 11.7 Å². The van der Waals surface area contributed by atoms with E-state index in [9.17, 15) is 4.79 Å². The van der Waals surface area contributed by atoms with Gasteiger partial charge in [0.1, 0.15) is 5.78 Å². The number of ketones is 1. The minimum Gasteiger partial charge on any atom is -0.299 e. The normalized spacial score (nSPS) is 11.3. The van der Waals surface area contributed by atoms with Crippen molar-refractivity contribution in [3.8, 4) is 11.8 Å². The maximum Gasteiger partial charge on any atom is 0.136 e. The van der Waals surface area contributed by atoms with Gasteiger partial charge in [0.05, 0.1) is 0 Å². The zero-order valence-corrected chi connectivity index (χ0v) is 9.29. The van der Waals surface area contributed by atoms with Crippen LogP contribution in [-0.2, 0) is 4.79 Å². The highest BCUT2D eigenvalue weighted by Crippen LogP contribution is 2.05. The average Bonchev–Trinajstić information content (AvgIpc) is 2.29. The molecule has 1 nitrogen and oxygen atoms in total. The Morgan fingerprint density at radius 2 is 2.00 bits per heavy atom. The van der Waals surface area contributed by atoms with Crippen molar-refractivity contribution >= 4 is 5.78 Å². The second-order valence-electron chi connectivity index (χ2n) is 3.59. The minimum atomic E-state index is 0.0613. The fourth-order valence-electron chi connectivity index (χ4n) is 1.29. The lowest BCUT2D eigenvalue weighted by molar-refractivity contribution is -0.121. The van der Waals surface area contributed by atoms with Crippen LogP contribution in [0, 0.1) is 17.8 Å². The van der Waals surface area contributed by atoms with Gasteiger partial charge in [0.15, 0.2) is 0 Å². The monoisotopic (exact) mass is 200 g/mol. The predicted octanol–water partition coefficient (Wildman–Crippen LogP) is 3.04. The summed E-state index contributed by atoms with van der Waals surface area (Å²) in [7, 11) is 0. The van der Waals surface area contributed by atoms with Crippen molar-refractivity contribution in [2.75, 3.05) is 0 Å². The molecule has 1 heteroatoms. The Morgan fingerprint density at radius 3 is 2.60 bits per heavy atom. The molecule has 0 aliphatic carbocycles. The van der Waals surface area contributed by atoms with Gasteiger partial charge in [-0.3, -0.25) is 4.79 Å². The highest BCUT2D eigenvalue weighted by Gasteiger charge is 2.07. The van der Waals surface area contributed by atoms with Crippen LogP contribution in [0.4, 0.5) is 0 Å². The lowest BCUT2D eigenvalue weighted by Crippen LogP contribution is -2.07. The molecule has 1 rings (SSSR count). The maximum absolute atomic E-state index is 11.3. The zero-order chi connectivity index (χ0) is 11.1. The summed E-state index contributed by atoms with van der Waals surface area (Å²) in [4.78, 5) is 11.3. The maximum atomic E-state index is 11.3. The summed E-state index contributed by atoms with van der Waals surface area (Å²) < 4.78 is 0. The largest absolute Gasteiger partial charge is 0.299 e. The van der Waals surface area contributed by atoms with Gasteiger partial charge in [-0.05, 0) is 12.1 Å². The number of hydrogen-bond donors (Lipinski definition) is 0. The van der Waals surface area contributed by atoms with Crippen LogP contribution < -0.4 is 0 Å². The van der Waals surface area contributed by atoms with E-state index in [1.807, 2.05) is 44.2 Å². The van der Waals surface area contributed by atoms with Crippen LogP contribution in [0.15, 0.2) is 30.3 Å². The molecule has 0 bridgehead atoms. The summed E-state index contributed by atoms with van der Waals surface area (Å²) in [5.74, 6) is 6.45. The van der Waals surface area contributed by atoms with Crippen molar-refractivity contribution in [2.45, 2.75) is 26.7 Å². The summed E-state index contributed by atoms with van der Waals surface area (Å²) >= 11 is 0. The zero-order valence-electron chi connectivity index (χ0n) is 9.29. The van der Waals surface area contributed by atoms with E-state index >= 15 is 0 Å². The molecule has 0 spiro atoms. The van der Waals surface area contributed by atoms with Crippen LogP contribution in [-0.4, -0.2) is 5.78 Å². The predicted molar refractivity (Wildman–Crippen MR) is 62.4 cm³/mol. The molecule has 0 saturated heterocycles. The first kappa shape index (κ1) is 11.5. The summed E-state index contributed by atoms with van der Waals surface area (Å²) in [5.41, 5.74) is 1.01. The first-order valence-electron chi connectivity index (χ1n) is 5.30. The quantitative estimate of drug-likeness (QED) is 0.685. The van der Waals surface area contributed by atoms with Crippen molar-refractivity contribution in [1.29, 1.82) is 0 Å². The van der Waals surface area contributed by atoms with Crippen LogP contribution in [0.25, 0.3) is 0 Å². The van der Waals surface area contributed by atoms with Gasteiger partial charge in [-0.2, -0.15) is 0 Å². The van der Waals surface area contributed by atoms with Gasteiger partial charge < -0.3 is 0 Å². The second kappa shape index (κ2) is 6.03. The Hall–Kier alpha value is -1.55. The van der Waals surface area contributed by atoms with E-state index < -0.39 is 0 Å². The summed E-state index contributed by atoms with van der Waals surface area (Å²) in [5, 5.41) is 0. The number of carbonyl (C=O) groups is 1. The molecule has 0 aliphatic heterocycles. The van der Waals surface area contributed by atoms with Gasteiger partial charge in [0.2, 0.25) is 0 Å². The van der Waals surface area contributed by atoms with Gasteiger partial charge >= 0.3 is 0 Å². The smallest absolute Gasteiger partial charge is 0.136 e. The molecule has 1 aromatic rings. The molecule has 0 radical (unpaired) electrons. The number of hydrogen-bond acceptors (Lipinski definition) is 1. The molecular weight excluding hydrogens is 184 g/mol. The molecule has 0 aromatic heterocycles. The van der Waals surface area contributed by atoms with Gasteiger partial charge in [0, 0.05) is 24.3 Å². The lowest BCUT2D eigenvalue weighted by atomic mass is 10.0. The number of rotatable bonds is 3. The standard InChI is InChI=1S/C14H16O/c1-3-14(15)12(2)8-7-11-13-9-5-4-6-10-13/h4-6,9-10,12H,3,8H2,1-2H3. The third kappa shape index (κ3) is 3.99. The Balaban J connectivity index is 2.50. The molecular formula is C14H16O. The molecule has 0 aliphatic rings. The summed E-state index contributed by atoms with van der Waals surface area (Å²) in [6.45, 7) is 3.83. The van der Waals surface area contributed by atoms with E-state index in [0.29, 0.717) is 12.8 Å². The van der Waals surface area contributed by atoms with Crippen LogP contribution in [0.3, 0.4) is 0 Å². The molecule has 1 atom stereocenters. The van der Waals surface area contributed by atoms with Crippen LogP contribution in [0.1, 0.15) is 32.3 Å². The van der Waals surface area contributed by atoms with Crippen molar-refractivity contribution in [3.63, 3.8) is 0 Å². The van der Waals surface area contributed by atoms with Crippen LogP contribution >= 0.6 is 0 Å². The lowest BCUT2D eigenvalue weighted by Gasteiger charge is -2.02. The van der Waals surface area contributed by atoms with E-state index in [4.69, 9.17) is 0 Å². The molecule has 1 unspecified atom stereocenters. The fourth-order valence-corrected chi connectivity index (χ4v) is 1.29. The number of carbonyl (C=O) groups excluding carboxylic acids is 1. The van der Waals surface area contributed by atoms with Gasteiger partial charge in [-0.25, -0.2) is 0 Å². The Labute approximate surface area is 91.5 Å². The first-order chi connectivity index (χ1) is 7.24. The average molecular weight is 200 g/mol. The minimum absolute atomic E-state index is 0.0613. The van der Waals surface area contributed by atoms with Gasteiger partial charge in [-0.15, -0.1) is 0 Å². The summed E-state index contributed by atoms with van der Waals surface area (Å²) in [6, 6.07) is 9.84. The van der Waals surface area contributed by atoms with Crippen molar-refractivity contribution in [2.24, 2.45) is 5.92 Å². The van der Waals surface area contributed by atoms with E-state index in [2.05, 4.69) is 11.8 Å². The topological polar surface area (TPSA) is 17.1 Å². The van der Waals surface area contributed by atoms with Crippen molar-refractivity contribution in [1.82, 2.24) is 0 Å². The third-order valence-corrected chi connectivity index (χ3v) is 2.31. The highest BCUT2D eigenvalue weighted by molar-refractivity contribution is 5.80. The van der Waals surface area contributed by atoms with Crippen LogP contribution in [0.5, 0.6) is 0 Å². The molecule has 0 heterocycles. The molecule has 0 saturated carbocycles. The first-order valence-corrected chi connectivity index (χ1v) is 5.30. The van der Waals surface area contributed by atoms with Crippen LogP contribution in [0.2, 0.25) is 0 Å². The van der Waals surface area contributed by atoms with E-state index in [1.165, 1.54) is 0 Å². The number of Topliss-reactive ketones (excluding diaryl/α,β-unsaturated/α-hetero) is 1. The van der Waals surface area contributed by atoms with Crippen molar-refractivity contribution < 1.29 is 4.79 Å². The van der Waals surface area contributed by atoms with Gasteiger partial charge in [0.25, 0.3) is 0 Å². The molecule has 0 N–H and O–H groups in total. The summed E-state index contributed by atoms with van der Waals surface area (Å²) in [6.07, 6.45) is 1.26. The Morgan fingerprint density at radius 1 is 1.33 bits per heavy atom. The molecule has 0 amide bonds. The number of benzene rings is 1. The third-order valence-electron chi connectivity index (χ3n) is 2.31. The van der Waals surface area contributed by atoms with E-state index in [0.717, 1.165) is 5.56 Å².